The number of rotatable bonds is 5. The average Bonchev–Trinajstić information content (AvgIpc) is 2.49. The van der Waals surface area contributed by atoms with Crippen LogP contribution < -0.4 is 5.32 Å². The molecule has 1 N–H and O–H groups in total. The predicted molar refractivity (Wildman–Crippen MR) is 82.7 cm³/mol. The molecule has 112 valence electrons. The second kappa shape index (κ2) is 6.23. The smallest absolute Gasteiger partial charge is 0.0906 e. The highest BCUT2D eigenvalue weighted by Crippen LogP contribution is 2.34. The molecule has 1 saturated heterocycles. The molecule has 1 aliphatic rings. The normalized spacial score (nSPS) is 31.4. The van der Waals surface area contributed by atoms with Gasteiger partial charge in [-0.1, -0.05) is 37.3 Å². The predicted octanol–water partition coefficient (Wildman–Crippen LogP) is 3.34. The minimum atomic E-state index is -0.238. The van der Waals surface area contributed by atoms with Gasteiger partial charge < -0.3 is 5.32 Å². The van der Waals surface area contributed by atoms with Gasteiger partial charge in [0.05, 0.1) is 12.2 Å². The van der Waals surface area contributed by atoms with Gasteiger partial charge in [0.25, 0.3) is 0 Å². The fourth-order valence-electron chi connectivity index (χ4n) is 3.04. The van der Waals surface area contributed by atoms with Gasteiger partial charge in [0.1, 0.15) is 0 Å². The van der Waals surface area contributed by atoms with Gasteiger partial charge in [0, 0.05) is 25.2 Å². The summed E-state index contributed by atoms with van der Waals surface area (Å²) < 4.78 is 12.6. The molecular formula is C17H27FN2. The van der Waals surface area contributed by atoms with E-state index in [1.807, 2.05) is 6.07 Å². The van der Waals surface area contributed by atoms with Crippen molar-refractivity contribution >= 4 is 0 Å². The van der Waals surface area contributed by atoms with Crippen LogP contribution in [0.3, 0.4) is 0 Å². The van der Waals surface area contributed by atoms with E-state index >= 15 is 0 Å². The maximum Gasteiger partial charge on any atom is 0.0906 e. The van der Waals surface area contributed by atoms with Gasteiger partial charge in [-0.25, -0.2) is 0 Å². The molecule has 0 radical (unpaired) electrons. The fourth-order valence-corrected chi connectivity index (χ4v) is 3.04. The summed E-state index contributed by atoms with van der Waals surface area (Å²) in [6.45, 7) is 9.20. The Balaban J connectivity index is 2.26. The van der Waals surface area contributed by atoms with Crippen molar-refractivity contribution in [3.63, 3.8) is 0 Å². The number of piperazine rings is 1. The lowest BCUT2D eigenvalue weighted by atomic mass is 9.82. The molecule has 1 fully saturated rings. The van der Waals surface area contributed by atoms with Crippen molar-refractivity contribution in [3.8, 4) is 0 Å². The first-order valence-corrected chi connectivity index (χ1v) is 7.66. The number of halogens is 1. The van der Waals surface area contributed by atoms with Crippen LogP contribution >= 0.6 is 0 Å². The standard InChI is InChI=1S/C17H27FN2/c1-4-16(2)14-20(12-8-11-18)17(3,13-19-16)15-9-6-5-7-10-15/h5-7,9-10,19H,4,8,11-14H2,1-3H3. The van der Waals surface area contributed by atoms with E-state index in [1.165, 1.54) is 5.56 Å². The minimum Gasteiger partial charge on any atom is -0.308 e. The third-order valence-electron chi connectivity index (χ3n) is 4.83. The zero-order valence-corrected chi connectivity index (χ0v) is 13.0. The van der Waals surface area contributed by atoms with E-state index < -0.39 is 0 Å². The maximum absolute atomic E-state index is 12.6. The molecule has 1 aromatic rings. The SMILES string of the molecule is CCC1(C)CN(CCCF)C(C)(c2ccccc2)CN1. The lowest BCUT2D eigenvalue weighted by molar-refractivity contribution is 0.0147. The highest BCUT2D eigenvalue weighted by Gasteiger charge is 2.42. The van der Waals surface area contributed by atoms with Gasteiger partial charge in [0.15, 0.2) is 0 Å². The average molecular weight is 278 g/mol. The molecule has 0 amide bonds. The van der Waals surface area contributed by atoms with E-state index in [9.17, 15) is 4.39 Å². The molecule has 2 atom stereocenters. The molecular weight excluding hydrogens is 251 g/mol. The number of benzene rings is 1. The number of nitrogens with one attached hydrogen (secondary N) is 1. The third-order valence-corrected chi connectivity index (χ3v) is 4.83. The third kappa shape index (κ3) is 3.04. The van der Waals surface area contributed by atoms with E-state index in [4.69, 9.17) is 0 Å². The summed E-state index contributed by atoms with van der Waals surface area (Å²) >= 11 is 0. The zero-order chi connectivity index (χ0) is 14.6. The molecule has 1 aromatic carbocycles. The Hall–Kier alpha value is -0.930. The molecule has 20 heavy (non-hydrogen) atoms. The summed E-state index contributed by atoms with van der Waals surface area (Å²) in [6, 6.07) is 10.6. The van der Waals surface area contributed by atoms with E-state index in [1.54, 1.807) is 0 Å². The summed E-state index contributed by atoms with van der Waals surface area (Å²) in [5.41, 5.74) is 1.39. The molecule has 2 unspecified atom stereocenters. The quantitative estimate of drug-likeness (QED) is 0.888. The molecule has 0 saturated carbocycles. The first-order chi connectivity index (χ1) is 9.54. The Morgan fingerprint density at radius 1 is 1.25 bits per heavy atom. The maximum atomic E-state index is 12.6. The molecule has 3 heteroatoms. The molecule has 0 aromatic heterocycles. The Morgan fingerprint density at radius 3 is 2.55 bits per heavy atom. The first kappa shape index (κ1) is 15.5. The van der Waals surface area contributed by atoms with E-state index in [0.29, 0.717) is 6.42 Å². The van der Waals surface area contributed by atoms with Gasteiger partial charge in [-0.15, -0.1) is 0 Å². The molecule has 0 spiro atoms. The van der Waals surface area contributed by atoms with Crippen molar-refractivity contribution in [2.24, 2.45) is 0 Å². The fraction of sp³-hybridized carbons (Fsp3) is 0.647. The number of hydrogen-bond acceptors (Lipinski definition) is 2. The molecule has 0 bridgehead atoms. The second-order valence-corrected chi connectivity index (χ2v) is 6.37. The number of hydrogen-bond donors (Lipinski definition) is 1. The summed E-state index contributed by atoms with van der Waals surface area (Å²) in [5.74, 6) is 0. The Labute approximate surface area is 122 Å². The highest BCUT2D eigenvalue weighted by atomic mass is 19.1. The van der Waals surface area contributed by atoms with Crippen molar-refractivity contribution in [1.29, 1.82) is 0 Å². The highest BCUT2D eigenvalue weighted by molar-refractivity contribution is 5.26. The molecule has 1 heterocycles. The van der Waals surface area contributed by atoms with Crippen LogP contribution in [0, 0.1) is 0 Å². The summed E-state index contributed by atoms with van der Waals surface area (Å²) in [5, 5.41) is 3.71. The van der Waals surface area contributed by atoms with Crippen LogP contribution in [0.4, 0.5) is 4.39 Å². The monoisotopic (exact) mass is 278 g/mol. The number of nitrogens with zero attached hydrogens (tertiary/aromatic N) is 1. The van der Waals surface area contributed by atoms with Gasteiger partial charge in [-0.3, -0.25) is 9.29 Å². The van der Waals surface area contributed by atoms with Gasteiger partial charge in [-0.2, -0.15) is 0 Å². The van der Waals surface area contributed by atoms with Crippen molar-refractivity contribution in [2.75, 3.05) is 26.3 Å². The van der Waals surface area contributed by atoms with E-state index in [-0.39, 0.29) is 17.8 Å². The van der Waals surface area contributed by atoms with Gasteiger partial charge >= 0.3 is 0 Å². The van der Waals surface area contributed by atoms with Gasteiger partial charge in [0.2, 0.25) is 0 Å². The summed E-state index contributed by atoms with van der Waals surface area (Å²) in [7, 11) is 0. The van der Waals surface area contributed by atoms with Crippen molar-refractivity contribution in [1.82, 2.24) is 10.2 Å². The number of alkyl halides is 1. The Morgan fingerprint density at radius 2 is 1.95 bits per heavy atom. The van der Waals surface area contributed by atoms with Crippen LogP contribution in [-0.2, 0) is 5.54 Å². The second-order valence-electron chi connectivity index (χ2n) is 6.37. The van der Waals surface area contributed by atoms with Crippen LogP contribution in [0.25, 0.3) is 0 Å². The Kier molecular flexibility index (Phi) is 4.82. The lowest BCUT2D eigenvalue weighted by Gasteiger charge is -2.52. The summed E-state index contributed by atoms with van der Waals surface area (Å²) in [4.78, 5) is 2.46. The molecule has 2 nitrogen and oxygen atoms in total. The lowest BCUT2D eigenvalue weighted by Crippen LogP contribution is -2.66. The van der Waals surface area contributed by atoms with E-state index in [2.05, 4.69) is 55.3 Å². The minimum absolute atomic E-state index is 0.0505. The molecule has 1 aliphatic heterocycles. The van der Waals surface area contributed by atoms with Crippen LogP contribution in [0.15, 0.2) is 30.3 Å². The van der Waals surface area contributed by atoms with Crippen LogP contribution in [0.5, 0.6) is 0 Å². The van der Waals surface area contributed by atoms with Gasteiger partial charge in [-0.05, 0) is 32.3 Å². The first-order valence-electron chi connectivity index (χ1n) is 7.66. The Bertz CT molecular complexity index is 422. The van der Waals surface area contributed by atoms with Crippen LogP contribution in [0.1, 0.15) is 39.2 Å². The summed E-state index contributed by atoms with van der Waals surface area (Å²) in [6.07, 6.45) is 1.70. The van der Waals surface area contributed by atoms with Crippen molar-refractivity contribution < 1.29 is 4.39 Å². The molecule has 2 rings (SSSR count). The largest absolute Gasteiger partial charge is 0.308 e. The molecule has 0 aliphatic carbocycles. The van der Waals surface area contributed by atoms with Crippen LogP contribution in [0.2, 0.25) is 0 Å². The van der Waals surface area contributed by atoms with Crippen molar-refractivity contribution in [2.45, 2.75) is 44.7 Å². The topological polar surface area (TPSA) is 15.3 Å². The van der Waals surface area contributed by atoms with Crippen molar-refractivity contribution in [3.05, 3.63) is 35.9 Å². The van der Waals surface area contributed by atoms with Crippen LogP contribution in [-0.4, -0.2) is 36.7 Å². The zero-order valence-electron chi connectivity index (χ0n) is 13.0. The van der Waals surface area contributed by atoms with E-state index in [0.717, 1.165) is 26.1 Å².